The Hall–Kier alpha value is -3.98. The molecule has 0 saturated carbocycles. The maximum atomic E-state index is 14.2. The van der Waals surface area contributed by atoms with Gasteiger partial charge in [-0.25, -0.2) is 10.4 Å². The number of hydrogen-bond acceptors (Lipinski definition) is 6. The zero-order chi connectivity index (χ0) is 30.6. The summed E-state index contributed by atoms with van der Waals surface area (Å²) in [6.45, 7) is 1.14. The minimum atomic E-state index is -1.27. The second-order valence-corrected chi connectivity index (χ2v) is 11.7. The van der Waals surface area contributed by atoms with Crippen LogP contribution in [0.4, 0.5) is 0 Å². The van der Waals surface area contributed by atoms with E-state index in [4.69, 9.17) is 19.6 Å². The summed E-state index contributed by atoms with van der Waals surface area (Å²) >= 11 is 3.53. The third-order valence-corrected chi connectivity index (χ3v) is 8.11. The molecule has 0 saturated heterocycles. The zero-order valence-corrected chi connectivity index (χ0v) is 26.2. The third-order valence-electron chi connectivity index (χ3n) is 7.58. The Morgan fingerprint density at radius 3 is 2.23 bits per heavy atom. The van der Waals surface area contributed by atoms with Gasteiger partial charge in [-0.3, -0.25) is 10.2 Å². The molecular formula is C36H38BrN3O4. The van der Waals surface area contributed by atoms with Crippen molar-refractivity contribution < 1.29 is 19.4 Å². The minimum absolute atomic E-state index is 0.0777. The molecular weight excluding hydrogens is 618 g/mol. The Bertz CT molecular complexity index is 1500. The van der Waals surface area contributed by atoms with Gasteiger partial charge in [-0.15, -0.1) is 0 Å². The number of aryl methyl sites for hydroxylation is 1. The lowest BCUT2D eigenvalue weighted by atomic mass is 9.82. The van der Waals surface area contributed by atoms with Crippen molar-refractivity contribution in [2.75, 3.05) is 19.8 Å². The van der Waals surface area contributed by atoms with Gasteiger partial charge in [-0.1, -0.05) is 88.7 Å². The number of nitrogens with zero attached hydrogens (tertiary/aromatic N) is 1. The highest BCUT2D eigenvalue weighted by Gasteiger charge is 2.53. The second kappa shape index (κ2) is 15.7. The summed E-state index contributed by atoms with van der Waals surface area (Å²) in [5.74, 6) is 0.833. The van der Waals surface area contributed by atoms with Crippen molar-refractivity contribution in [2.24, 2.45) is 4.99 Å². The van der Waals surface area contributed by atoms with Gasteiger partial charge in [-0.2, -0.15) is 0 Å². The highest BCUT2D eigenvalue weighted by Crippen LogP contribution is 2.42. The van der Waals surface area contributed by atoms with E-state index in [0.29, 0.717) is 37.6 Å². The molecule has 1 heterocycles. The van der Waals surface area contributed by atoms with Crippen LogP contribution in [-0.4, -0.2) is 42.2 Å². The lowest BCUT2D eigenvalue weighted by Gasteiger charge is -2.31. The van der Waals surface area contributed by atoms with Crippen LogP contribution in [-0.2, 0) is 22.4 Å². The van der Waals surface area contributed by atoms with Gasteiger partial charge in [0.05, 0.1) is 6.61 Å². The van der Waals surface area contributed by atoms with E-state index in [1.54, 1.807) is 0 Å². The van der Waals surface area contributed by atoms with Gasteiger partial charge in [0.15, 0.2) is 11.6 Å². The molecule has 4 aromatic carbocycles. The Balaban J connectivity index is 1.39. The molecule has 5 rings (SSSR count). The van der Waals surface area contributed by atoms with Crippen LogP contribution < -0.4 is 15.6 Å². The summed E-state index contributed by atoms with van der Waals surface area (Å²) in [5, 5.41) is 9.05. The normalized spacial score (nSPS) is 17.5. The number of hydrazine groups is 1. The van der Waals surface area contributed by atoms with Crippen molar-refractivity contribution >= 4 is 27.7 Å². The van der Waals surface area contributed by atoms with Crippen LogP contribution in [0.1, 0.15) is 47.6 Å². The number of nitrogens with one attached hydrogen (secondary N) is 2. The van der Waals surface area contributed by atoms with Gasteiger partial charge in [0.1, 0.15) is 5.75 Å². The van der Waals surface area contributed by atoms with E-state index in [0.717, 1.165) is 40.4 Å². The fourth-order valence-electron chi connectivity index (χ4n) is 5.27. The molecule has 3 N–H and O–H groups in total. The monoisotopic (exact) mass is 655 g/mol. The number of ether oxygens (including phenoxy) is 2. The second-order valence-electron chi connectivity index (χ2n) is 10.8. The number of halogens is 1. The predicted octanol–water partition coefficient (Wildman–Crippen LogP) is 6.35. The number of rotatable bonds is 15. The largest absolute Gasteiger partial charge is 0.494 e. The molecule has 2 atom stereocenters. The van der Waals surface area contributed by atoms with E-state index < -0.39 is 11.6 Å². The summed E-state index contributed by atoms with van der Waals surface area (Å²) in [6, 6.07) is 35.6. The van der Waals surface area contributed by atoms with Crippen LogP contribution in [0.5, 0.6) is 5.75 Å². The van der Waals surface area contributed by atoms with E-state index in [1.165, 1.54) is 5.56 Å². The molecule has 7 nitrogen and oxygen atoms in total. The molecule has 44 heavy (non-hydrogen) atoms. The molecule has 0 aliphatic carbocycles. The van der Waals surface area contributed by atoms with Crippen LogP contribution in [0.3, 0.4) is 0 Å². The summed E-state index contributed by atoms with van der Waals surface area (Å²) in [5.41, 5.74) is 8.76. The highest BCUT2D eigenvalue weighted by molar-refractivity contribution is 9.10. The van der Waals surface area contributed by atoms with Crippen molar-refractivity contribution in [3.63, 3.8) is 0 Å². The number of hydrogen-bond donors (Lipinski definition) is 3. The van der Waals surface area contributed by atoms with Crippen molar-refractivity contribution in [3.8, 4) is 5.75 Å². The Labute approximate surface area is 267 Å². The molecule has 0 radical (unpaired) electrons. The predicted molar refractivity (Wildman–Crippen MR) is 177 cm³/mol. The van der Waals surface area contributed by atoms with Crippen LogP contribution in [0.25, 0.3) is 0 Å². The quantitative estimate of drug-likeness (QED) is 0.102. The van der Waals surface area contributed by atoms with Crippen LogP contribution in [0, 0.1) is 0 Å². The first kappa shape index (κ1) is 31.4. The van der Waals surface area contributed by atoms with E-state index in [-0.39, 0.29) is 12.5 Å². The van der Waals surface area contributed by atoms with Gasteiger partial charge in [0, 0.05) is 36.0 Å². The first-order valence-electron chi connectivity index (χ1n) is 15.0. The van der Waals surface area contributed by atoms with E-state index in [2.05, 4.69) is 51.0 Å². The number of aliphatic imine (C=N–C) groups is 1. The van der Waals surface area contributed by atoms with Crippen molar-refractivity contribution in [1.82, 2.24) is 10.9 Å². The molecule has 1 aliphatic rings. The molecule has 4 aromatic rings. The lowest BCUT2D eigenvalue weighted by Crippen LogP contribution is -2.54. The van der Waals surface area contributed by atoms with Gasteiger partial charge in [0.25, 0.3) is 5.91 Å². The number of aliphatic hydroxyl groups excluding tert-OH is 1. The van der Waals surface area contributed by atoms with Crippen LogP contribution in [0.15, 0.2) is 119 Å². The van der Waals surface area contributed by atoms with Gasteiger partial charge in [0.2, 0.25) is 5.90 Å². The van der Waals surface area contributed by atoms with Crippen molar-refractivity contribution in [3.05, 3.63) is 136 Å². The number of carbonyl (C=O) groups is 1. The first-order valence-corrected chi connectivity index (χ1v) is 15.8. The maximum Gasteiger partial charge on any atom is 0.266 e. The standard InChI is InChI=1S/C36H38BrN3O4/c37-31-19-15-29(16-20-31)33-36(26-28-13-5-2-6-14-28,35(42)40-38-23-8-7-12-27-10-3-1-4-11-27)39-34(44-33)30-17-21-32(22-18-30)43-25-9-24-41/h1-6,10-11,13-22,33,38,41H,7-9,12,23-26H2,(H,40,42)/t33-,36-/m0/s1. The van der Waals surface area contributed by atoms with E-state index in [1.807, 2.05) is 84.9 Å². The lowest BCUT2D eigenvalue weighted by molar-refractivity contribution is -0.130. The van der Waals surface area contributed by atoms with Crippen LogP contribution >= 0.6 is 15.9 Å². The molecule has 1 aliphatic heterocycles. The van der Waals surface area contributed by atoms with Gasteiger partial charge < -0.3 is 14.6 Å². The topological polar surface area (TPSA) is 92.2 Å². The molecule has 0 spiro atoms. The molecule has 228 valence electrons. The highest BCUT2D eigenvalue weighted by atomic mass is 79.9. The Morgan fingerprint density at radius 1 is 0.864 bits per heavy atom. The number of benzene rings is 4. The Morgan fingerprint density at radius 2 is 1.55 bits per heavy atom. The Kier molecular flexibility index (Phi) is 11.2. The fourth-order valence-corrected chi connectivity index (χ4v) is 5.53. The molecule has 0 fully saturated rings. The zero-order valence-electron chi connectivity index (χ0n) is 24.6. The van der Waals surface area contributed by atoms with Crippen molar-refractivity contribution in [2.45, 2.75) is 43.7 Å². The molecule has 0 aromatic heterocycles. The van der Waals surface area contributed by atoms with Crippen molar-refractivity contribution in [1.29, 1.82) is 0 Å². The number of amides is 1. The number of aliphatic hydroxyl groups is 1. The van der Waals surface area contributed by atoms with E-state index in [9.17, 15) is 4.79 Å². The summed E-state index contributed by atoms with van der Waals surface area (Å²) in [6.07, 6.45) is 3.16. The van der Waals surface area contributed by atoms with E-state index >= 15 is 0 Å². The van der Waals surface area contributed by atoms with Gasteiger partial charge >= 0.3 is 0 Å². The smallest absolute Gasteiger partial charge is 0.266 e. The van der Waals surface area contributed by atoms with Gasteiger partial charge in [-0.05, 0) is 72.4 Å². The summed E-state index contributed by atoms with van der Waals surface area (Å²) in [4.78, 5) is 19.3. The minimum Gasteiger partial charge on any atom is -0.494 e. The number of unbranched alkanes of at least 4 members (excludes halogenated alkanes) is 1. The number of carbonyl (C=O) groups excluding carboxylic acids is 1. The summed E-state index contributed by atoms with van der Waals surface area (Å²) < 4.78 is 13.2. The SMILES string of the molecule is O=C(NNCCCCc1ccccc1)[C@@]1(Cc2ccccc2)N=C(c2ccc(OCCCO)cc2)O[C@H]1c1ccc(Br)cc1. The molecule has 0 bridgehead atoms. The average molecular weight is 657 g/mol. The average Bonchev–Trinajstić information content (AvgIpc) is 3.44. The molecule has 0 unspecified atom stereocenters. The van der Waals surface area contributed by atoms with Crippen LogP contribution in [0.2, 0.25) is 0 Å². The molecule has 1 amide bonds. The third kappa shape index (κ3) is 8.14. The fraction of sp³-hybridized carbons (Fsp3) is 0.278. The maximum absolute atomic E-state index is 14.2. The summed E-state index contributed by atoms with van der Waals surface area (Å²) in [7, 11) is 0. The first-order chi connectivity index (χ1) is 21.6. The molecule has 8 heteroatoms.